The minimum atomic E-state index is -0.0547. The topological polar surface area (TPSA) is 58.4 Å². The fourth-order valence-electron chi connectivity index (χ4n) is 2.40. The van der Waals surface area contributed by atoms with Gasteiger partial charge in [-0.3, -0.25) is 4.79 Å². The first kappa shape index (κ1) is 14.3. The number of likely N-dealkylation sites (tertiary alicyclic amines) is 1. The van der Waals surface area contributed by atoms with Gasteiger partial charge in [0, 0.05) is 28.8 Å². The number of halogens is 1. The molecular weight excluding hydrogens is 306 g/mol. The molecule has 0 radical (unpaired) electrons. The summed E-state index contributed by atoms with van der Waals surface area (Å²) >= 11 is 3.39. The highest BCUT2D eigenvalue weighted by atomic mass is 79.9. The molecule has 4 nitrogen and oxygen atoms in total. The van der Waals surface area contributed by atoms with Gasteiger partial charge in [0.1, 0.15) is 0 Å². The molecule has 104 valence electrons. The molecule has 2 unspecified atom stereocenters. The van der Waals surface area contributed by atoms with Crippen molar-refractivity contribution in [3.8, 4) is 0 Å². The van der Waals surface area contributed by atoms with Gasteiger partial charge in [0.05, 0.1) is 5.56 Å². The first-order valence-corrected chi connectivity index (χ1v) is 7.33. The van der Waals surface area contributed by atoms with E-state index in [9.17, 15) is 4.79 Å². The van der Waals surface area contributed by atoms with E-state index in [1.165, 1.54) is 0 Å². The minimum Gasteiger partial charge on any atom is -0.399 e. The second kappa shape index (κ2) is 5.92. The molecule has 0 aromatic heterocycles. The van der Waals surface area contributed by atoms with Crippen LogP contribution in [-0.2, 0) is 0 Å². The Morgan fingerprint density at radius 1 is 1.53 bits per heavy atom. The molecule has 0 spiro atoms. The predicted octanol–water partition coefficient (Wildman–Crippen LogP) is 2.24. The largest absolute Gasteiger partial charge is 0.399 e. The monoisotopic (exact) mass is 325 g/mol. The summed E-state index contributed by atoms with van der Waals surface area (Å²) in [4.78, 5) is 14.6. The first-order valence-electron chi connectivity index (χ1n) is 6.53. The van der Waals surface area contributed by atoms with E-state index in [1.807, 2.05) is 6.07 Å². The summed E-state index contributed by atoms with van der Waals surface area (Å²) in [5.74, 6) is -0.0547. The molecule has 1 saturated heterocycles. The molecule has 3 N–H and O–H groups in total. The number of nitrogens with two attached hydrogens (primary N) is 1. The molecular formula is C14H20BrN3O. The highest BCUT2D eigenvalue weighted by Gasteiger charge is 2.24. The SMILES string of the molecule is CC1CC(NC(=O)c2cc(N)ccc2Br)CCN1C. The highest BCUT2D eigenvalue weighted by Crippen LogP contribution is 2.21. The molecule has 1 aromatic rings. The predicted molar refractivity (Wildman–Crippen MR) is 81.1 cm³/mol. The molecule has 1 aromatic carbocycles. The van der Waals surface area contributed by atoms with Crippen LogP contribution in [0.1, 0.15) is 30.1 Å². The molecule has 19 heavy (non-hydrogen) atoms. The average Bonchev–Trinajstić information content (AvgIpc) is 2.36. The van der Waals surface area contributed by atoms with Crippen molar-refractivity contribution in [1.29, 1.82) is 0 Å². The number of anilines is 1. The molecule has 0 saturated carbocycles. The number of carbonyl (C=O) groups excluding carboxylic acids is 1. The summed E-state index contributed by atoms with van der Waals surface area (Å²) in [6.45, 7) is 3.21. The van der Waals surface area contributed by atoms with Crippen molar-refractivity contribution < 1.29 is 4.79 Å². The lowest BCUT2D eigenvalue weighted by Crippen LogP contribution is -2.47. The van der Waals surface area contributed by atoms with Crippen molar-refractivity contribution in [2.24, 2.45) is 0 Å². The van der Waals surface area contributed by atoms with Crippen LogP contribution in [0, 0.1) is 0 Å². The van der Waals surface area contributed by atoms with Crippen molar-refractivity contribution in [2.45, 2.75) is 31.8 Å². The van der Waals surface area contributed by atoms with E-state index in [1.54, 1.807) is 12.1 Å². The number of hydrogen-bond donors (Lipinski definition) is 2. The van der Waals surface area contributed by atoms with Gasteiger partial charge in [-0.25, -0.2) is 0 Å². The van der Waals surface area contributed by atoms with Crippen LogP contribution >= 0.6 is 15.9 Å². The molecule has 1 fully saturated rings. The molecule has 2 rings (SSSR count). The van der Waals surface area contributed by atoms with Crippen LogP contribution in [0.5, 0.6) is 0 Å². The second-order valence-corrected chi connectivity index (χ2v) is 6.12. The van der Waals surface area contributed by atoms with Crippen LogP contribution < -0.4 is 11.1 Å². The lowest BCUT2D eigenvalue weighted by Gasteiger charge is -2.35. The van der Waals surface area contributed by atoms with E-state index in [4.69, 9.17) is 5.73 Å². The maximum Gasteiger partial charge on any atom is 0.252 e. The Morgan fingerprint density at radius 2 is 2.26 bits per heavy atom. The number of nitrogens with zero attached hydrogens (tertiary/aromatic N) is 1. The molecule has 1 heterocycles. The maximum atomic E-state index is 12.3. The molecule has 1 aliphatic rings. The van der Waals surface area contributed by atoms with Gasteiger partial charge in [0.15, 0.2) is 0 Å². The van der Waals surface area contributed by atoms with Crippen LogP contribution in [0.4, 0.5) is 5.69 Å². The van der Waals surface area contributed by atoms with Gasteiger partial charge in [-0.2, -0.15) is 0 Å². The van der Waals surface area contributed by atoms with Gasteiger partial charge in [-0.05, 0) is 60.9 Å². The van der Waals surface area contributed by atoms with Crippen molar-refractivity contribution in [3.63, 3.8) is 0 Å². The first-order chi connectivity index (χ1) is 8.97. The molecule has 5 heteroatoms. The summed E-state index contributed by atoms with van der Waals surface area (Å²) in [6, 6.07) is 6.04. The fraction of sp³-hybridized carbons (Fsp3) is 0.500. The number of benzene rings is 1. The van der Waals surface area contributed by atoms with Gasteiger partial charge < -0.3 is 16.0 Å². The van der Waals surface area contributed by atoms with Gasteiger partial charge in [0.25, 0.3) is 5.91 Å². The normalized spacial score (nSPS) is 24.2. The van der Waals surface area contributed by atoms with E-state index < -0.39 is 0 Å². The van der Waals surface area contributed by atoms with Crippen LogP contribution in [0.3, 0.4) is 0 Å². The Hall–Kier alpha value is -1.07. The van der Waals surface area contributed by atoms with Crippen molar-refractivity contribution in [2.75, 3.05) is 19.3 Å². The van der Waals surface area contributed by atoms with Gasteiger partial charge >= 0.3 is 0 Å². The summed E-state index contributed by atoms with van der Waals surface area (Å²) in [7, 11) is 2.12. The zero-order valence-electron chi connectivity index (χ0n) is 11.3. The van der Waals surface area contributed by atoms with E-state index >= 15 is 0 Å². The van der Waals surface area contributed by atoms with E-state index in [0.29, 0.717) is 17.3 Å². The molecule has 2 atom stereocenters. The van der Waals surface area contributed by atoms with Crippen LogP contribution in [0.2, 0.25) is 0 Å². The number of piperidine rings is 1. The lowest BCUT2D eigenvalue weighted by molar-refractivity contribution is 0.0896. The van der Waals surface area contributed by atoms with Crippen molar-refractivity contribution >= 4 is 27.5 Å². The quantitative estimate of drug-likeness (QED) is 0.820. The van der Waals surface area contributed by atoms with E-state index in [0.717, 1.165) is 23.9 Å². The minimum absolute atomic E-state index is 0.0547. The summed E-state index contributed by atoms with van der Waals surface area (Å²) in [5, 5.41) is 3.10. The Bertz CT molecular complexity index is 478. The number of nitrogens with one attached hydrogen (secondary N) is 1. The standard InChI is InChI=1S/C14H20BrN3O/c1-9-7-11(5-6-18(9)2)17-14(19)12-8-10(16)3-4-13(12)15/h3-4,8-9,11H,5-7,16H2,1-2H3,(H,17,19). The van der Waals surface area contributed by atoms with Gasteiger partial charge in [-0.1, -0.05) is 0 Å². The number of hydrogen-bond acceptors (Lipinski definition) is 3. The molecule has 1 aliphatic heterocycles. The zero-order valence-corrected chi connectivity index (χ0v) is 12.9. The third kappa shape index (κ3) is 3.48. The molecule has 1 amide bonds. The fourth-order valence-corrected chi connectivity index (χ4v) is 2.83. The summed E-state index contributed by atoms with van der Waals surface area (Å²) in [6.07, 6.45) is 1.98. The van der Waals surface area contributed by atoms with E-state index in [2.05, 4.69) is 40.1 Å². The van der Waals surface area contributed by atoms with Crippen molar-refractivity contribution in [3.05, 3.63) is 28.2 Å². The second-order valence-electron chi connectivity index (χ2n) is 5.26. The number of amides is 1. The maximum absolute atomic E-state index is 12.3. The number of carbonyl (C=O) groups is 1. The summed E-state index contributed by atoms with van der Waals surface area (Å²) in [5.41, 5.74) is 6.94. The number of nitrogen functional groups attached to an aromatic ring is 1. The Morgan fingerprint density at radius 3 is 2.95 bits per heavy atom. The average molecular weight is 326 g/mol. The van der Waals surface area contributed by atoms with Gasteiger partial charge in [0.2, 0.25) is 0 Å². The van der Waals surface area contributed by atoms with Crippen LogP contribution in [0.15, 0.2) is 22.7 Å². The Balaban J connectivity index is 2.03. The van der Waals surface area contributed by atoms with E-state index in [-0.39, 0.29) is 11.9 Å². The Labute approximate surface area is 122 Å². The Kier molecular flexibility index (Phi) is 4.47. The number of rotatable bonds is 2. The molecule has 0 bridgehead atoms. The smallest absolute Gasteiger partial charge is 0.252 e. The summed E-state index contributed by atoms with van der Waals surface area (Å²) < 4.78 is 0.778. The third-order valence-electron chi connectivity index (χ3n) is 3.78. The molecule has 0 aliphatic carbocycles. The zero-order chi connectivity index (χ0) is 14.0. The van der Waals surface area contributed by atoms with Crippen LogP contribution in [-0.4, -0.2) is 36.5 Å². The van der Waals surface area contributed by atoms with Gasteiger partial charge in [-0.15, -0.1) is 0 Å². The lowest BCUT2D eigenvalue weighted by atomic mass is 9.98. The highest BCUT2D eigenvalue weighted by molar-refractivity contribution is 9.10. The van der Waals surface area contributed by atoms with Crippen molar-refractivity contribution in [1.82, 2.24) is 10.2 Å². The van der Waals surface area contributed by atoms with Crippen LogP contribution in [0.25, 0.3) is 0 Å². The third-order valence-corrected chi connectivity index (χ3v) is 4.47.